The van der Waals surface area contributed by atoms with Gasteiger partial charge < -0.3 is 10.2 Å². The van der Waals surface area contributed by atoms with Gasteiger partial charge in [-0.2, -0.15) is 5.26 Å². The predicted molar refractivity (Wildman–Crippen MR) is 124 cm³/mol. The highest BCUT2D eigenvalue weighted by Crippen LogP contribution is 2.20. The van der Waals surface area contributed by atoms with Crippen molar-refractivity contribution in [2.24, 2.45) is 0 Å². The molecule has 0 bridgehead atoms. The van der Waals surface area contributed by atoms with Crippen molar-refractivity contribution in [3.8, 4) is 17.6 Å². The molecule has 31 heavy (non-hydrogen) atoms. The lowest BCUT2D eigenvalue weighted by Gasteiger charge is -2.25. The maximum Gasteiger partial charge on any atom is 0.115 e. The minimum atomic E-state index is 0.247. The number of aromatic hydroxyl groups is 2. The van der Waals surface area contributed by atoms with Gasteiger partial charge in [-0.15, -0.1) is 0 Å². The van der Waals surface area contributed by atoms with Crippen LogP contribution >= 0.6 is 15.9 Å². The summed E-state index contributed by atoms with van der Waals surface area (Å²) in [5, 5.41) is 30.0. The van der Waals surface area contributed by atoms with Crippen LogP contribution in [0.1, 0.15) is 16.7 Å². The minimum Gasteiger partial charge on any atom is -0.508 e. The quantitative estimate of drug-likeness (QED) is 0.385. The molecule has 0 unspecified atom stereocenters. The third-order valence-corrected chi connectivity index (χ3v) is 5.07. The molecule has 0 fully saturated rings. The zero-order valence-electron chi connectivity index (χ0n) is 16.6. The fraction of sp³-hybridized carbons (Fsp3) is 0.0833. The molecule has 4 rings (SSSR count). The molecule has 3 aromatic carbocycles. The average molecular weight is 477 g/mol. The highest BCUT2D eigenvalue weighted by atomic mass is 79.9. The molecule has 0 amide bonds. The Labute approximate surface area is 189 Å². The summed E-state index contributed by atoms with van der Waals surface area (Å²) < 4.78 is 1.88. The number of phenolic OH excluding ortho intramolecular Hbond substituents is 2. The number of aromatic nitrogens is 2. The molecule has 6 nitrogen and oxygen atoms in total. The third-order valence-electron chi connectivity index (χ3n) is 4.42. The smallest absolute Gasteiger partial charge is 0.115 e. The number of rotatable bonds is 5. The van der Waals surface area contributed by atoms with Gasteiger partial charge in [-0.1, -0.05) is 40.2 Å². The van der Waals surface area contributed by atoms with Gasteiger partial charge in [0.1, 0.15) is 17.8 Å². The van der Waals surface area contributed by atoms with Crippen LogP contribution in [-0.2, 0) is 11.9 Å². The van der Waals surface area contributed by atoms with Crippen LogP contribution in [0.4, 0.5) is 5.69 Å². The Kier molecular flexibility index (Phi) is 7.68. The number of anilines is 1. The molecule has 0 atom stereocenters. The lowest BCUT2D eigenvalue weighted by molar-refractivity contribution is 0.474. The number of halogens is 1. The van der Waals surface area contributed by atoms with Crippen LogP contribution in [0, 0.1) is 11.3 Å². The molecule has 2 N–H and O–H groups in total. The standard InChI is InChI=1S/C17H14N4O.C7H7BrO/c18-11-14-1-5-16(6-2-14)21(20-10-9-19-13-20)12-15-3-7-17(22)8-4-15;8-5-6-1-3-7(9)4-2-6/h1-10,13,22H,12H2;1-4,9H,5H2. The Balaban J connectivity index is 0.000000254. The summed E-state index contributed by atoms with van der Waals surface area (Å²) in [6.45, 7) is 0.614. The fourth-order valence-electron chi connectivity index (χ4n) is 2.77. The number of nitrogens with zero attached hydrogens (tertiary/aromatic N) is 4. The molecule has 0 radical (unpaired) electrons. The number of phenols is 2. The first-order valence-corrected chi connectivity index (χ1v) is 10.6. The zero-order valence-corrected chi connectivity index (χ0v) is 18.2. The van der Waals surface area contributed by atoms with Crippen molar-refractivity contribution >= 4 is 21.6 Å². The topological polar surface area (TPSA) is 85.3 Å². The number of hydrogen-bond donors (Lipinski definition) is 2. The minimum absolute atomic E-state index is 0.247. The molecule has 0 aliphatic heterocycles. The Hall–Kier alpha value is -3.76. The zero-order chi connectivity index (χ0) is 22.1. The molecule has 0 saturated heterocycles. The van der Waals surface area contributed by atoms with Crippen molar-refractivity contribution < 1.29 is 10.2 Å². The van der Waals surface area contributed by atoms with Gasteiger partial charge in [0.2, 0.25) is 0 Å². The summed E-state index contributed by atoms with van der Waals surface area (Å²) in [5.41, 5.74) is 3.80. The van der Waals surface area contributed by atoms with E-state index in [1.165, 1.54) is 5.56 Å². The van der Waals surface area contributed by atoms with Gasteiger partial charge in [0.05, 0.1) is 23.9 Å². The first-order valence-electron chi connectivity index (χ1n) is 9.47. The van der Waals surface area contributed by atoms with Crippen molar-refractivity contribution in [3.63, 3.8) is 0 Å². The molecule has 0 aliphatic rings. The van der Waals surface area contributed by atoms with E-state index in [9.17, 15) is 5.11 Å². The maximum absolute atomic E-state index is 9.39. The summed E-state index contributed by atoms with van der Waals surface area (Å²) in [4.78, 5) is 4.09. The fourth-order valence-corrected chi connectivity index (χ4v) is 3.14. The first kappa shape index (κ1) is 21.9. The van der Waals surface area contributed by atoms with E-state index in [1.54, 1.807) is 48.9 Å². The highest BCUT2D eigenvalue weighted by Gasteiger charge is 2.09. The maximum atomic E-state index is 9.39. The van der Waals surface area contributed by atoms with Crippen molar-refractivity contribution in [1.29, 1.82) is 5.26 Å². The lowest BCUT2D eigenvalue weighted by atomic mass is 10.2. The summed E-state index contributed by atoms with van der Waals surface area (Å²) >= 11 is 3.30. The SMILES string of the molecule is N#Cc1ccc(N(Cc2ccc(O)cc2)n2ccnc2)cc1.Oc1ccc(CBr)cc1. The summed E-state index contributed by atoms with van der Waals surface area (Å²) in [7, 11) is 0. The van der Waals surface area contributed by atoms with Crippen molar-refractivity contribution in [2.45, 2.75) is 11.9 Å². The van der Waals surface area contributed by atoms with Crippen LogP contribution in [-0.4, -0.2) is 19.9 Å². The molecule has 1 heterocycles. The van der Waals surface area contributed by atoms with E-state index >= 15 is 0 Å². The molecular weight excluding hydrogens is 456 g/mol. The Morgan fingerprint density at radius 2 is 1.45 bits per heavy atom. The number of benzene rings is 3. The van der Waals surface area contributed by atoms with Crippen LogP contribution < -0.4 is 5.01 Å². The Morgan fingerprint density at radius 3 is 1.94 bits per heavy atom. The van der Waals surface area contributed by atoms with Gasteiger partial charge in [0, 0.05) is 17.7 Å². The van der Waals surface area contributed by atoms with E-state index < -0.39 is 0 Å². The van der Waals surface area contributed by atoms with Crippen LogP contribution in [0.25, 0.3) is 0 Å². The second kappa shape index (κ2) is 10.9. The van der Waals surface area contributed by atoms with E-state index in [0.29, 0.717) is 17.9 Å². The molecule has 0 spiro atoms. The number of alkyl halides is 1. The van der Waals surface area contributed by atoms with E-state index in [2.05, 4.69) is 27.0 Å². The van der Waals surface area contributed by atoms with Gasteiger partial charge >= 0.3 is 0 Å². The normalized spacial score (nSPS) is 9.94. The Bertz CT molecular complexity index is 1100. The molecule has 0 saturated carbocycles. The van der Waals surface area contributed by atoms with E-state index in [-0.39, 0.29) is 5.75 Å². The van der Waals surface area contributed by atoms with E-state index in [0.717, 1.165) is 16.6 Å². The van der Waals surface area contributed by atoms with Crippen molar-refractivity contribution in [2.75, 3.05) is 5.01 Å². The third kappa shape index (κ3) is 6.36. The van der Waals surface area contributed by atoms with Gasteiger partial charge in [-0.05, 0) is 59.7 Å². The summed E-state index contributed by atoms with van der Waals surface area (Å²) in [6, 6.07) is 23.7. The lowest BCUT2D eigenvalue weighted by Crippen LogP contribution is -2.27. The van der Waals surface area contributed by atoms with Crippen molar-refractivity contribution in [1.82, 2.24) is 9.66 Å². The van der Waals surface area contributed by atoms with Gasteiger partial charge in [-0.3, -0.25) is 5.01 Å². The molecule has 7 heteroatoms. The first-order chi connectivity index (χ1) is 15.1. The van der Waals surface area contributed by atoms with Crippen molar-refractivity contribution in [3.05, 3.63) is 108 Å². The molecule has 156 valence electrons. The highest BCUT2D eigenvalue weighted by molar-refractivity contribution is 9.08. The van der Waals surface area contributed by atoms with Gasteiger partial charge in [0.15, 0.2) is 0 Å². The average Bonchev–Trinajstić information content (AvgIpc) is 3.34. The van der Waals surface area contributed by atoms with Gasteiger partial charge in [0.25, 0.3) is 0 Å². The van der Waals surface area contributed by atoms with E-state index in [1.807, 2.05) is 52.3 Å². The molecule has 4 aromatic rings. The van der Waals surface area contributed by atoms with Crippen LogP contribution in [0.3, 0.4) is 0 Å². The van der Waals surface area contributed by atoms with Crippen LogP contribution in [0.15, 0.2) is 91.5 Å². The van der Waals surface area contributed by atoms with Gasteiger partial charge in [-0.25, -0.2) is 9.66 Å². The molecule has 1 aromatic heterocycles. The monoisotopic (exact) mass is 476 g/mol. The summed E-state index contributed by atoms with van der Waals surface area (Å²) in [6.07, 6.45) is 5.30. The molecule has 0 aliphatic carbocycles. The molecular formula is C24H21BrN4O2. The van der Waals surface area contributed by atoms with E-state index in [4.69, 9.17) is 10.4 Å². The second-order valence-corrected chi connectivity index (χ2v) is 7.19. The Morgan fingerprint density at radius 1 is 0.871 bits per heavy atom. The largest absolute Gasteiger partial charge is 0.508 e. The van der Waals surface area contributed by atoms with Crippen LogP contribution in [0.2, 0.25) is 0 Å². The number of imidazole rings is 1. The predicted octanol–water partition coefficient (Wildman–Crippen LogP) is 5.22. The van der Waals surface area contributed by atoms with Crippen LogP contribution in [0.5, 0.6) is 11.5 Å². The second-order valence-electron chi connectivity index (χ2n) is 6.63. The summed E-state index contributed by atoms with van der Waals surface area (Å²) in [5.74, 6) is 0.566. The number of hydrogen-bond acceptors (Lipinski definition) is 5. The number of nitriles is 1.